The maximum absolute atomic E-state index is 9.50. The van der Waals surface area contributed by atoms with Crippen molar-refractivity contribution in [2.75, 3.05) is 0 Å². The molecule has 0 aromatic carbocycles. The van der Waals surface area contributed by atoms with Crippen LogP contribution < -0.4 is 0 Å². The van der Waals surface area contributed by atoms with Crippen LogP contribution >= 0.6 is 7.92 Å². The molecule has 0 aliphatic carbocycles. The summed E-state index contributed by atoms with van der Waals surface area (Å²) in [6.45, 7) is 0. The minimum absolute atomic E-state index is 0.450. The van der Waals surface area contributed by atoms with E-state index in [1.54, 1.807) is 0 Å². The van der Waals surface area contributed by atoms with Crippen LogP contribution in [0.4, 0.5) is 0 Å². The fraction of sp³-hybridized carbons (Fsp3) is 0.667. The van der Waals surface area contributed by atoms with Crippen LogP contribution in [0, 0.1) is 5.63 Å². The molecule has 8 heavy (non-hydrogen) atoms. The first kappa shape index (κ1) is 7.89. The number of aliphatic hydroxyl groups is 3. The van der Waals surface area contributed by atoms with E-state index in [2.05, 4.69) is 0 Å². The Labute approximate surface area is 46.9 Å². The molecular weight excluding hydrogens is 131 g/mol. The van der Waals surface area contributed by atoms with Gasteiger partial charge >= 0.3 is 45.8 Å². The number of rotatable bonds is 1. The molecule has 0 atom stereocenters. The van der Waals surface area contributed by atoms with Crippen molar-refractivity contribution in [1.29, 1.82) is 0 Å². The monoisotopic (exact) mass is 136 g/mol. The van der Waals surface area contributed by atoms with Crippen molar-refractivity contribution >= 4 is 7.92 Å². The van der Waals surface area contributed by atoms with Gasteiger partial charge in [-0.25, -0.2) is 0 Å². The molecule has 0 saturated heterocycles. The van der Waals surface area contributed by atoms with Crippen LogP contribution in [0.5, 0.6) is 0 Å². The Balaban J connectivity index is 3.67. The zero-order valence-corrected chi connectivity index (χ0v) is 4.80. The molecule has 0 bridgehead atoms. The van der Waals surface area contributed by atoms with Gasteiger partial charge in [-0.15, -0.1) is 0 Å². The van der Waals surface area contributed by atoms with Gasteiger partial charge in [0.15, 0.2) is 0 Å². The standard InChI is InChI=1S/C3H5O4P/c4-3(5,6)1-2-8-7/h4-6H,1H2. The van der Waals surface area contributed by atoms with E-state index in [0.29, 0.717) is 0 Å². The van der Waals surface area contributed by atoms with E-state index in [1.165, 1.54) is 0 Å². The third kappa shape index (κ3) is 5.89. The van der Waals surface area contributed by atoms with Crippen molar-refractivity contribution in [3.8, 4) is 5.63 Å². The van der Waals surface area contributed by atoms with Gasteiger partial charge in [0, 0.05) is 0 Å². The summed E-state index contributed by atoms with van der Waals surface area (Å²) in [7, 11) is -0.450. The molecule has 46 valence electrons. The second-order valence-corrected chi connectivity index (χ2v) is 1.70. The van der Waals surface area contributed by atoms with Gasteiger partial charge in [-0.3, -0.25) is 0 Å². The average Bonchev–Trinajstić information content (AvgIpc) is 1.59. The summed E-state index contributed by atoms with van der Waals surface area (Å²) in [4.78, 5) is 0. The van der Waals surface area contributed by atoms with Crippen molar-refractivity contribution in [3.63, 3.8) is 0 Å². The van der Waals surface area contributed by atoms with Crippen LogP contribution in [0.3, 0.4) is 0 Å². The van der Waals surface area contributed by atoms with Crippen LogP contribution in [0.25, 0.3) is 0 Å². The quantitative estimate of drug-likeness (QED) is 0.327. The molecule has 0 aliphatic heterocycles. The van der Waals surface area contributed by atoms with Gasteiger partial charge in [0.25, 0.3) is 0 Å². The van der Waals surface area contributed by atoms with Gasteiger partial charge in [-0.05, 0) is 0 Å². The molecule has 4 nitrogen and oxygen atoms in total. The van der Waals surface area contributed by atoms with Crippen LogP contribution in [-0.2, 0) is 4.57 Å². The predicted octanol–water partition coefficient (Wildman–Crippen LogP) is -0.742. The van der Waals surface area contributed by atoms with Gasteiger partial charge in [-0.1, -0.05) is 0 Å². The fourth-order valence-electron chi connectivity index (χ4n) is 0.138. The summed E-state index contributed by atoms with van der Waals surface area (Å²) in [6.07, 6.45) is -0.544. The molecule has 0 heterocycles. The Morgan fingerprint density at radius 2 is 2.00 bits per heavy atom. The number of hydrogen-bond acceptors (Lipinski definition) is 4. The van der Waals surface area contributed by atoms with Gasteiger partial charge < -0.3 is 0 Å². The molecule has 0 fully saturated rings. The van der Waals surface area contributed by atoms with Crippen molar-refractivity contribution in [2.24, 2.45) is 0 Å². The van der Waals surface area contributed by atoms with Gasteiger partial charge in [0.2, 0.25) is 0 Å². The molecule has 5 heteroatoms. The molecule has 0 radical (unpaired) electrons. The van der Waals surface area contributed by atoms with Crippen LogP contribution in [0.2, 0.25) is 0 Å². The fourth-order valence-corrected chi connectivity index (χ4v) is 0.415. The van der Waals surface area contributed by atoms with E-state index in [4.69, 9.17) is 15.3 Å². The van der Waals surface area contributed by atoms with Crippen LogP contribution in [0.15, 0.2) is 0 Å². The third-order valence-corrected chi connectivity index (χ3v) is 0.668. The zero-order chi connectivity index (χ0) is 6.62. The van der Waals surface area contributed by atoms with Gasteiger partial charge in [0.1, 0.15) is 0 Å². The molecule has 3 N–H and O–H groups in total. The number of hydrogen-bond donors (Lipinski definition) is 3. The van der Waals surface area contributed by atoms with Gasteiger partial charge in [-0.2, -0.15) is 0 Å². The molecule has 0 aromatic rings. The predicted molar refractivity (Wildman–Crippen MR) is 25.5 cm³/mol. The molecule has 0 spiro atoms. The molecule has 0 saturated carbocycles. The Bertz CT molecular complexity index is 150. The first-order valence-corrected chi connectivity index (χ1v) is 2.60. The molecule has 0 aliphatic rings. The SMILES string of the molecule is O=P#CCC(O)(O)O. The molecule has 0 rings (SSSR count). The Kier molecular flexibility index (Phi) is 2.98. The zero-order valence-electron chi connectivity index (χ0n) is 3.90. The van der Waals surface area contributed by atoms with Crippen molar-refractivity contribution in [2.45, 2.75) is 12.4 Å². The van der Waals surface area contributed by atoms with Crippen molar-refractivity contribution in [1.82, 2.24) is 0 Å². The van der Waals surface area contributed by atoms with E-state index in [0.717, 1.165) is 0 Å². The molecule has 0 unspecified atom stereocenters. The third-order valence-electron chi connectivity index (χ3n) is 0.381. The Hall–Kier alpha value is -0.110. The average molecular weight is 136 g/mol. The normalized spacial score (nSPS) is 10.4. The van der Waals surface area contributed by atoms with Crippen molar-refractivity contribution < 1.29 is 19.9 Å². The van der Waals surface area contributed by atoms with Crippen LogP contribution in [0.1, 0.15) is 6.42 Å². The second kappa shape index (κ2) is 3.02. The van der Waals surface area contributed by atoms with Gasteiger partial charge in [0.05, 0.1) is 0 Å². The topological polar surface area (TPSA) is 77.8 Å². The summed E-state index contributed by atoms with van der Waals surface area (Å²) in [5, 5.41) is 24.2. The van der Waals surface area contributed by atoms with E-state index in [1.807, 2.05) is 5.63 Å². The minimum atomic E-state index is -2.77. The van der Waals surface area contributed by atoms with Crippen LogP contribution in [-0.4, -0.2) is 21.3 Å². The summed E-state index contributed by atoms with van der Waals surface area (Å²) in [5.74, 6) is -2.77. The Morgan fingerprint density at radius 1 is 1.50 bits per heavy atom. The van der Waals surface area contributed by atoms with E-state index in [-0.39, 0.29) is 0 Å². The van der Waals surface area contributed by atoms with Crippen molar-refractivity contribution in [3.05, 3.63) is 0 Å². The molecular formula is C3H5O4P. The first-order chi connectivity index (χ1) is 3.56. The van der Waals surface area contributed by atoms with E-state index in [9.17, 15) is 4.57 Å². The second-order valence-electron chi connectivity index (χ2n) is 1.20. The summed E-state index contributed by atoms with van der Waals surface area (Å²) in [5.41, 5.74) is 1.95. The molecule has 0 amide bonds. The first-order valence-electron chi connectivity index (χ1n) is 1.78. The Morgan fingerprint density at radius 3 is 2.12 bits per heavy atom. The van der Waals surface area contributed by atoms with E-state index < -0.39 is 20.3 Å². The van der Waals surface area contributed by atoms with E-state index >= 15 is 0 Å². The summed E-state index contributed by atoms with van der Waals surface area (Å²) < 4.78 is 9.50. The summed E-state index contributed by atoms with van der Waals surface area (Å²) >= 11 is 0. The summed E-state index contributed by atoms with van der Waals surface area (Å²) in [6, 6.07) is 0. The molecule has 0 aromatic heterocycles. The maximum atomic E-state index is 9.50.